The number of Topliss-reactive ketones (excluding diaryl/α,β-unsaturated/α-hetero) is 2. The third-order valence-corrected chi connectivity index (χ3v) is 8.61. The van der Waals surface area contributed by atoms with Gasteiger partial charge < -0.3 is 28.7 Å². The van der Waals surface area contributed by atoms with Gasteiger partial charge in [-0.25, -0.2) is 4.98 Å². The van der Waals surface area contributed by atoms with Gasteiger partial charge in [0.05, 0.1) is 39.9 Å². The molecule has 14 heteroatoms. The van der Waals surface area contributed by atoms with Crippen molar-refractivity contribution in [1.82, 2.24) is 20.5 Å². The van der Waals surface area contributed by atoms with E-state index in [0.29, 0.717) is 39.0 Å². The van der Waals surface area contributed by atoms with Crippen LogP contribution in [0.15, 0.2) is 39.5 Å². The highest BCUT2D eigenvalue weighted by molar-refractivity contribution is 9.10. The third-order valence-electron chi connectivity index (χ3n) is 7.90. The molecule has 44 heavy (non-hydrogen) atoms. The van der Waals surface area contributed by atoms with Gasteiger partial charge in [0, 0.05) is 29.5 Å². The van der Waals surface area contributed by atoms with E-state index in [4.69, 9.17) is 35.0 Å². The van der Waals surface area contributed by atoms with Gasteiger partial charge >= 0.3 is 0 Å². The fourth-order valence-corrected chi connectivity index (χ4v) is 6.30. The number of nitrogens with one attached hydrogen (secondary N) is 2. The maximum absolute atomic E-state index is 14.6. The fourth-order valence-electron chi connectivity index (χ4n) is 5.73. The molecule has 2 aliphatic rings. The Morgan fingerprint density at radius 1 is 1.11 bits per heavy atom. The summed E-state index contributed by atoms with van der Waals surface area (Å²) in [5, 5.41) is 9.43. The molecule has 0 radical (unpaired) electrons. The number of nitrogens with zero attached hydrogens (tertiary/aromatic N) is 2. The van der Waals surface area contributed by atoms with Gasteiger partial charge in [0.25, 0.3) is 0 Å². The molecule has 0 saturated heterocycles. The highest BCUT2D eigenvalue weighted by Gasteiger charge is 2.63. The number of benzene rings is 2. The summed E-state index contributed by atoms with van der Waals surface area (Å²) in [6, 6.07) is 8.51. The number of methoxy groups -OCH3 is 3. The molecule has 1 aliphatic carbocycles. The van der Waals surface area contributed by atoms with E-state index in [-0.39, 0.29) is 52.8 Å². The number of hydrogen-bond acceptors (Lipinski definition) is 10. The van der Waals surface area contributed by atoms with E-state index in [1.807, 2.05) is 0 Å². The molecule has 2 N–H and O–H groups in total. The summed E-state index contributed by atoms with van der Waals surface area (Å²) in [5.41, 5.74) is -0.849. The van der Waals surface area contributed by atoms with Crippen LogP contribution < -0.4 is 24.3 Å². The Morgan fingerprint density at radius 2 is 1.82 bits per heavy atom. The van der Waals surface area contributed by atoms with Crippen molar-refractivity contribution in [2.45, 2.75) is 31.9 Å². The third kappa shape index (κ3) is 4.61. The van der Waals surface area contributed by atoms with Gasteiger partial charge in [0.15, 0.2) is 5.75 Å². The van der Waals surface area contributed by atoms with Gasteiger partial charge in [0.2, 0.25) is 27.8 Å². The molecule has 4 aromatic rings. The molecule has 6 rings (SSSR count). The SMILES string of the molecule is COc1ccc(-c2oc3c(c2CC(=O)NCc2nc(Br)n[nH]2)C(=O)C2(Oc4c(Cl)c(OC)cc(OC)c4C2=O)C(C)C3)cc1. The monoisotopic (exact) mass is 684 g/mol. The predicted molar refractivity (Wildman–Crippen MR) is 160 cm³/mol. The number of amides is 1. The second-order valence-corrected chi connectivity index (χ2v) is 11.4. The molecule has 0 saturated carbocycles. The zero-order valence-corrected chi connectivity index (χ0v) is 26.3. The number of ether oxygens (including phenoxy) is 4. The minimum absolute atomic E-state index is 0.00732. The van der Waals surface area contributed by atoms with Crippen LogP contribution in [0.1, 0.15) is 44.8 Å². The van der Waals surface area contributed by atoms with Crippen LogP contribution in [0.2, 0.25) is 5.02 Å². The molecule has 0 bridgehead atoms. The molecule has 2 aromatic carbocycles. The summed E-state index contributed by atoms with van der Waals surface area (Å²) in [6.07, 6.45) is -0.0561. The van der Waals surface area contributed by atoms with Gasteiger partial charge in [-0.3, -0.25) is 19.5 Å². The lowest BCUT2D eigenvalue weighted by atomic mass is 9.70. The topological polar surface area (TPSA) is 155 Å². The lowest BCUT2D eigenvalue weighted by Crippen LogP contribution is -2.56. The van der Waals surface area contributed by atoms with E-state index in [2.05, 4.69) is 36.4 Å². The van der Waals surface area contributed by atoms with Crippen LogP contribution in [0.25, 0.3) is 11.3 Å². The van der Waals surface area contributed by atoms with Crippen LogP contribution in [0.3, 0.4) is 0 Å². The molecule has 2 aromatic heterocycles. The first-order chi connectivity index (χ1) is 21.1. The molecule has 3 heterocycles. The Hall–Kier alpha value is -4.36. The predicted octanol–water partition coefficient (Wildman–Crippen LogP) is 4.75. The average Bonchev–Trinajstić information content (AvgIpc) is 3.70. The second-order valence-electron chi connectivity index (χ2n) is 10.3. The first-order valence-corrected chi connectivity index (χ1v) is 14.7. The van der Waals surface area contributed by atoms with E-state index in [9.17, 15) is 14.4 Å². The minimum Gasteiger partial charge on any atom is -0.497 e. The molecular weight excluding hydrogens is 660 g/mol. The Bertz CT molecular complexity index is 1820. The quantitative estimate of drug-likeness (QED) is 0.248. The molecule has 1 aliphatic heterocycles. The minimum atomic E-state index is -1.96. The van der Waals surface area contributed by atoms with E-state index < -0.39 is 29.0 Å². The molecular formula is C30H26BrClN4O8. The largest absolute Gasteiger partial charge is 0.497 e. The first-order valence-electron chi connectivity index (χ1n) is 13.5. The van der Waals surface area contributed by atoms with Crippen LogP contribution in [0, 0.1) is 5.92 Å². The van der Waals surface area contributed by atoms with Crippen LogP contribution in [0.4, 0.5) is 0 Å². The van der Waals surface area contributed by atoms with Crippen LogP contribution >= 0.6 is 27.5 Å². The summed E-state index contributed by atoms with van der Waals surface area (Å²) in [6.45, 7) is 1.81. The number of aromatic amines is 1. The number of furan rings is 1. The zero-order valence-electron chi connectivity index (χ0n) is 24.0. The lowest BCUT2D eigenvalue weighted by Gasteiger charge is -2.35. The van der Waals surface area contributed by atoms with Gasteiger partial charge in [-0.2, -0.15) is 0 Å². The average molecular weight is 686 g/mol. The lowest BCUT2D eigenvalue weighted by molar-refractivity contribution is -0.120. The maximum Gasteiger partial charge on any atom is 0.237 e. The van der Waals surface area contributed by atoms with Crippen molar-refractivity contribution in [2.75, 3.05) is 21.3 Å². The van der Waals surface area contributed by atoms with Crippen molar-refractivity contribution in [3.05, 3.63) is 68.4 Å². The van der Waals surface area contributed by atoms with Crippen molar-refractivity contribution < 1.29 is 37.7 Å². The Balaban J connectivity index is 1.44. The number of carbonyl (C=O) groups excluding carboxylic acids is 3. The van der Waals surface area contributed by atoms with E-state index >= 15 is 0 Å². The molecule has 0 fully saturated rings. The number of halogens is 2. The highest BCUT2D eigenvalue weighted by atomic mass is 79.9. The second kappa shape index (κ2) is 11.3. The summed E-state index contributed by atoms with van der Waals surface area (Å²) in [5.74, 6) is -0.152. The zero-order chi connectivity index (χ0) is 31.3. The first kappa shape index (κ1) is 29.7. The van der Waals surface area contributed by atoms with Crippen molar-refractivity contribution >= 4 is 45.0 Å². The number of hydrogen-bond donors (Lipinski definition) is 2. The van der Waals surface area contributed by atoms with E-state index in [1.165, 1.54) is 20.3 Å². The normalized spacial score (nSPS) is 18.5. The number of ketones is 2. The molecule has 228 valence electrons. The van der Waals surface area contributed by atoms with Crippen molar-refractivity contribution in [3.8, 4) is 34.3 Å². The molecule has 2 unspecified atom stereocenters. The number of H-pyrrole nitrogens is 1. The molecule has 2 atom stereocenters. The summed E-state index contributed by atoms with van der Waals surface area (Å²) < 4.78 is 29.1. The van der Waals surface area contributed by atoms with E-state index in [0.717, 1.165) is 0 Å². The van der Waals surface area contributed by atoms with Crippen molar-refractivity contribution in [1.29, 1.82) is 0 Å². The summed E-state index contributed by atoms with van der Waals surface area (Å²) >= 11 is 9.74. The molecule has 1 spiro atoms. The van der Waals surface area contributed by atoms with Crippen LogP contribution in [0.5, 0.6) is 23.0 Å². The van der Waals surface area contributed by atoms with Gasteiger partial charge in [0.1, 0.15) is 45.2 Å². The van der Waals surface area contributed by atoms with Crippen molar-refractivity contribution in [2.24, 2.45) is 5.92 Å². The standard InChI is InChI=1S/C30H26BrClN4O8/c1-13-9-18-22(27(38)30(13)28(39)23-17(41-3)11-19(42-4)24(32)26(23)44-30)16(10-21(37)33-12-20-34-29(31)36-35-20)25(43-18)14-5-7-15(40-2)8-6-14/h5-8,11,13H,9-10,12H2,1-4H3,(H,33,37)(H,34,35,36). The number of rotatable bonds is 8. The van der Waals surface area contributed by atoms with Crippen LogP contribution in [-0.4, -0.2) is 59.6 Å². The summed E-state index contributed by atoms with van der Waals surface area (Å²) in [7, 11) is 4.37. The molecule has 1 amide bonds. The van der Waals surface area contributed by atoms with Gasteiger partial charge in [-0.05, 0) is 40.2 Å². The Morgan fingerprint density at radius 3 is 2.45 bits per heavy atom. The van der Waals surface area contributed by atoms with Gasteiger partial charge in [-0.1, -0.05) is 18.5 Å². The van der Waals surface area contributed by atoms with Crippen molar-refractivity contribution in [3.63, 3.8) is 0 Å². The van der Waals surface area contributed by atoms with Crippen LogP contribution in [-0.2, 0) is 24.2 Å². The number of carbonyl (C=O) groups is 3. The van der Waals surface area contributed by atoms with Gasteiger partial charge in [-0.15, -0.1) is 5.10 Å². The molecule has 12 nitrogen and oxygen atoms in total. The fraction of sp³-hybridized carbons (Fsp3) is 0.300. The number of fused-ring (bicyclic) bond motifs is 2. The Labute approximate surface area is 264 Å². The smallest absolute Gasteiger partial charge is 0.237 e. The number of aromatic nitrogens is 3. The Kier molecular flexibility index (Phi) is 7.62. The van der Waals surface area contributed by atoms with E-state index in [1.54, 1.807) is 38.3 Å². The maximum atomic E-state index is 14.6. The summed E-state index contributed by atoms with van der Waals surface area (Å²) in [4.78, 5) is 46.2. The highest BCUT2D eigenvalue weighted by Crippen LogP contribution is 2.54.